The second-order valence-corrected chi connectivity index (χ2v) is 4.81. The number of nitrogens with two attached hydrogens (primary N) is 1. The van der Waals surface area contributed by atoms with Gasteiger partial charge in [-0.3, -0.25) is 0 Å². The Morgan fingerprint density at radius 2 is 2.00 bits per heavy atom. The lowest BCUT2D eigenvalue weighted by Crippen LogP contribution is -2.00. The van der Waals surface area contributed by atoms with E-state index < -0.39 is 0 Å². The second kappa shape index (κ2) is 5.43. The van der Waals surface area contributed by atoms with Gasteiger partial charge in [0.15, 0.2) is 0 Å². The summed E-state index contributed by atoms with van der Waals surface area (Å²) in [6.07, 6.45) is 1.90. The zero-order chi connectivity index (χ0) is 13.9. The molecule has 0 saturated heterocycles. The van der Waals surface area contributed by atoms with Crippen LogP contribution in [0.5, 0.6) is 0 Å². The quantitative estimate of drug-likeness (QED) is 0.763. The van der Waals surface area contributed by atoms with Gasteiger partial charge in [-0.2, -0.15) is 0 Å². The maximum Gasteiger partial charge on any atom is 0.141 e. The molecule has 0 aliphatic rings. The van der Waals surface area contributed by atoms with Crippen molar-refractivity contribution in [2.45, 2.75) is 12.8 Å². The minimum atomic E-state index is -0.269. The Hall–Kier alpha value is -2.20. The number of nitrogens with zero attached hydrogens (tertiary/aromatic N) is 1. The molecule has 0 aliphatic carbocycles. The van der Waals surface area contributed by atoms with Crippen LogP contribution in [0, 0.1) is 5.82 Å². The highest BCUT2D eigenvalue weighted by atomic mass is 19.1. The number of aryl methyl sites for hydroxylation is 1. The lowest BCUT2D eigenvalue weighted by Gasteiger charge is -1.98. The van der Waals surface area contributed by atoms with Gasteiger partial charge >= 0.3 is 0 Å². The summed E-state index contributed by atoms with van der Waals surface area (Å²) in [6, 6.07) is 12.7. The van der Waals surface area contributed by atoms with Crippen LogP contribution in [0.2, 0.25) is 0 Å². The summed E-state index contributed by atoms with van der Waals surface area (Å²) in [4.78, 5) is 7.63. The lowest BCUT2D eigenvalue weighted by molar-refractivity contribution is 0.630. The van der Waals surface area contributed by atoms with Crippen molar-refractivity contribution in [1.29, 1.82) is 0 Å². The molecule has 0 spiro atoms. The van der Waals surface area contributed by atoms with Crippen LogP contribution in [0.25, 0.3) is 22.4 Å². The molecular weight excluding hydrogens is 253 g/mol. The fourth-order valence-electron chi connectivity index (χ4n) is 2.30. The highest BCUT2D eigenvalue weighted by molar-refractivity contribution is 5.80. The molecule has 3 nitrogen and oxygen atoms in total. The fraction of sp³-hybridized carbons (Fsp3) is 0.188. The predicted octanol–water partition coefficient (Wildman–Crippen LogP) is 3.26. The van der Waals surface area contributed by atoms with Gasteiger partial charge in [-0.1, -0.05) is 18.2 Å². The lowest BCUT2D eigenvalue weighted by atomic mass is 10.1. The molecule has 4 heteroatoms. The van der Waals surface area contributed by atoms with Crippen molar-refractivity contribution in [2.24, 2.45) is 5.73 Å². The number of hydrogen-bond donors (Lipinski definition) is 2. The molecule has 0 fully saturated rings. The molecule has 3 rings (SSSR count). The number of hydrogen-bond acceptors (Lipinski definition) is 2. The average molecular weight is 269 g/mol. The van der Waals surface area contributed by atoms with Gasteiger partial charge in [0.1, 0.15) is 11.6 Å². The summed E-state index contributed by atoms with van der Waals surface area (Å²) < 4.78 is 13.8. The van der Waals surface area contributed by atoms with Gasteiger partial charge in [-0.25, -0.2) is 9.37 Å². The minimum absolute atomic E-state index is 0.269. The molecule has 3 aromatic rings. The number of aromatic nitrogens is 2. The number of H-pyrrole nitrogens is 1. The molecule has 0 bridgehead atoms. The Balaban J connectivity index is 2.00. The first kappa shape index (κ1) is 12.8. The molecular formula is C16H16FN3. The van der Waals surface area contributed by atoms with Gasteiger partial charge in [0, 0.05) is 0 Å². The van der Waals surface area contributed by atoms with E-state index in [1.807, 2.05) is 12.1 Å². The number of aromatic amines is 1. The third-order valence-corrected chi connectivity index (χ3v) is 3.34. The number of halogens is 1. The van der Waals surface area contributed by atoms with E-state index in [0.29, 0.717) is 17.9 Å². The Bertz CT molecular complexity index is 733. The van der Waals surface area contributed by atoms with Gasteiger partial charge in [-0.05, 0) is 49.2 Å². The topological polar surface area (TPSA) is 54.7 Å². The van der Waals surface area contributed by atoms with Gasteiger partial charge in [0.2, 0.25) is 0 Å². The first-order valence-electron chi connectivity index (χ1n) is 6.71. The molecule has 1 heterocycles. The van der Waals surface area contributed by atoms with E-state index in [0.717, 1.165) is 23.9 Å². The zero-order valence-corrected chi connectivity index (χ0v) is 11.1. The van der Waals surface area contributed by atoms with Crippen molar-refractivity contribution in [3.05, 3.63) is 53.8 Å². The van der Waals surface area contributed by atoms with E-state index in [9.17, 15) is 4.39 Å². The maximum absolute atomic E-state index is 13.8. The average Bonchev–Trinajstić information content (AvgIpc) is 2.88. The van der Waals surface area contributed by atoms with Crippen LogP contribution in [-0.4, -0.2) is 16.5 Å². The number of imidazole rings is 1. The fourth-order valence-corrected chi connectivity index (χ4v) is 2.30. The number of rotatable bonds is 4. The maximum atomic E-state index is 13.8. The van der Waals surface area contributed by atoms with E-state index in [4.69, 9.17) is 5.73 Å². The van der Waals surface area contributed by atoms with Gasteiger partial charge in [0.25, 0.3) is 0 Å². The Morgan fingerprint density at radius 3 is 2.80 bits per heavy atom. The molecule has 0 saturated carbocycles. The largest absolute Gasteiger partial charge is 0.338 e. The van der Waals surface area contributed by atoms with Gasteiger partial charge in [0.05, 0.1) is 16.6 Å². The summed E-state index contributed by atoms with van der Waals surface area (Å²) in [5.74, 6) is 0.295. The molecule has 102 valence electrons. The number of nitrogens with one attached hydrogen (secondary N) is 1. The second-order valence-electron chi connectivity index (χ2n) is 4.81. The van der Waals surface area contributed by atoms with Crippen molar-refractivity contribution >= 4 is 11.0 Å². The van der Waals surface area contributed by atoms with Crippen molar-refractivity contribution < 1.29 is 4.39 Å². The standard InChI is InChI=1S/C16H16FN3/c17-13-6-2-1-5-12(13)16-19-14-8-7-11(4-3-9-18)10-15(14)20-16/h1-2,5-8,10H,3-4,9,18H2,(H,19,20). The molecule has 0 aliphatic heterocycles. The summed E-state index contributed by atoms with van der Waals surface area (Å²) in [5, 5.41) is 0. The van der Waals surface area contributed by atoms with Crippen molar-refractivity contribution in [2.75, 3.05) is 6.54 Å². The van der Waals surface area contributed by atoms with E-state index in [1.165, 1.54) is 11.6 Å². The van der Waals surface area contributed by atoms with Crippen LogP contribution in [0.3, 0.4) is 0 Å². The van der Waals surface area contributed by atoms with Crippen LogP contribution in [-0.2, 0) is 6.42 Å². The summed E-state index contributed by atoms with van der Waals surface area (Å²) in [5.41, 5.74) is 9.01. The highest BCUT2D eigenvalue weighted by Gasteiger charge is 2.09. The Kier molecular flexibility index (Phi) is 3.48. The third-order valence-electron chi connectivity index (χ3n) is 3.34. The van der Waals surface area contributed by atoms with Crippen LogP contribution in [0.1, 0.15) is 12.0 Å². The molecule has 20 heavy (non-hydrogen) atoms. The SMILES string of the molecule is NCCCc1ccc2nc(-c3ccccc3F)[nH]c2c1. The smallest absolute Gasteiger partial charge is 0.141 e. The number of benzene rings is 2. The van der Waals surface area contributed by atoms with Crippen LogP contribution < -0.4 is 5.73 Å². The van der Waals surface area contributed by atoms with E-state index in [-0.39, 0.29) is 5.82 Å². The normalized spacial score (nSPS) is 11.1. The highest BCUT2D eigenvalue weighted by Crippen LogP contribution is 2.23. The first-order valence-corrected chi connectivity index (χ1v) is 6.71. The predicted molar refractivity (Wildman–Crippen MR) is 78.9 cm³/mol. The minimum Gasteiger partial charge on any atom is -0.338 e. The summed E-state index contributed by atoms with van der Waals surface area (Å²) in [7, 11) is 0. The zero-order valence-electron chi connectivity index (χ0n) is 11.1. The van der Waals surface area contributed by atoms with Crippen LogP contribution in [0.15, 0.2) is 42.5 Å². The van der Waals surface area contributed by atoms with E-state index >= 15 is 0 Å². The summed E-state index contributed by atoms with van der Waals surface area (Å²) >= 11 is 0. The molecule has 2 aromatic carbocycles. The van der Waals surface area contributed by atoms with Crippen molar-refractivity contribution in [1.82, 2.24) is 9.97 Å². The monoisotopic (exact) mass is 269 g/mol. The molecule has 0 atom stereocenters. The Labute approximate surface area is 116 Å². The summed E-state index contributed by atoms with van der Waals surface area (Å²) in [6.45, 7) is 0.682. The molecule has 0 radical (unpaired) electrons. The molecule has 1 aromatic heterocycles. The van der Waals surface area contributed by atoms with Gasteiger partial charge in [-0.15, -0.1) is 0 Å². The van der Waals surface area contributed by atoms with Crippen LogP contribution in [0.4, 0.5) is 4.39 Å². The molecule has 3 N–H and O–H groups in total. The van der Waals surface area contributed by atoms with Crippen molar-refractivity contribution in [3.8, 4) is 11.4 Å². The van der Waals surface area contributed by atoms with Crippen molar-refractivity contribution in [3.63, 3.8) is 0 Å². The molecule has 0 amide bonds. The van der Waals surface area contributed by atoms with E-state index in [2.05, 4.69) is 16.0 Å². The Morgan fingerprint density at radius 1 is 1.15 bits per heavy atom. The van der Waals surface area contributed by atoms with Crippen LogP contribution >= 0.6 is 0 Å². The first-order chi connectivity index (χ1) is 9.78. The molecule has 0 unspecified atom stereocenters. The van der Waals surface area contributed by atoms with Gasteiger partial charge < -0.3 is 10.7 Å². The van der Waals surface area contributed by atoms with E-state index in [1.54, 1.807) is 18.2 Å². The third kappa shape index (κ3) is 2.42. The number of fused-ring (bicyclic) bond motifs is 1.